The number of halogens is 1. The van der Waals surface area contributed by atoms with Crippen LogP contribution in [0.25, 0.3) is 5.70 Å². The van der Waals surface area contributed by atoms with Gasteiger partial charge in [-0.05, 0) is 71.6 Å². The van der Waals surface area contributed by atoms with Gasteiger partial charge in [-0.15, -0.1) is 0 Å². The molecule has 1 unspecified atom stereocenters. The Labute approximate surface area is 197 Å². The fourth-order valence-corrected chi connectivity index (χ4v) is 4.52. The van der Waals surface area contributed by atoms with Crippen LogP contribution >= 0.6 is 11.6 Å². The molecule has 4 aromatic carbocycles. The molecule has 1 aliphatic heterocycles. The monoisotopic (exact) mass is 452 g/mol. The highest BCUT2D eigenvalue weighted by Gasteiger charge is 2.44. The third kappa shape index (κ3) is 3.90. The highest BCUT2D eigenvalue weighted by atomic mass is 35.5. The molecular formula is C28H21ClN2O2. The Kier molecular flexibility index (Phi) is 5.45. The minimum Gasteiger partial charge on any atom is -0.508 e. The van der Waals surface area contributed by atoms with Gasteiger partial charge in [-0.2, -0.15) is 10.2 Å². The Morgan fingerprint density at radius 2 is 1.36 bits per heavy atom. The molecule has 0 bridgehead atoms. The second kappa shape index (κ2) is 8.57. The molecule has 0 saturated heterocycles. The van der Waals surface area contributed by atoms with Crippen molar-refractivity contribution in [2.45, 2.75) is 12.0 Å². The maximum Gasteiger partial charge on any atom is 0.156 e. The van der Waals surface area contributed by atoms with Crippen LogP contribution in [0.4, 0.5) is 0 Å². The first kappa shape index (κ1) is 21.0. The van der Waals surface area contributed by atoms with Crippen molar-refractivity contribution in [1.82, 2.24) is 0 Å². The van der Waals surface area contributed by atoms with Crippen LogP contribution in [0.15, 0.2) is 119 Å². The van der Waals surface area contributed by atoms with Crippen LogP contribution in [0.3, 0.4) is 0 Å². The van der Waals surface area contributed by atoms with E-state index < -0.39 is 5.54 Å². The predicted octanol–water partition coefficient (Wildman–Crippen LogP) is 7.11. The van der Waals surface area contributed by atoms with E-state index in [4.69, 9.17) is 16.7 Å². The van der Waals surface area contributed by atoms with E-state index >= 15 is 0 Å². The molecule has 2 N–H and O–H groups in total. The first-order valence-corrected chi connectivity index (χ1v) is 11.0. The van der Waals surface area contributed by atoms with Crippen molar-refractivity contribution in [1.29, 1.82) is 0 Å². The summed E-state index contributed by atoms with van der Waals surface area (Å²) in [5.41, 5.74) is 4.60. The van der Waals surface area contributed by atoms with E-state index in [2.05, 4.69) is 17.2 Å². The molecule has 0 radical (unpaired) electrons. The summed E-state index contributed by atoms with van der Waals surface area (Å²) in [6.07, 6.45) is 0.609. The number of rotatable bonds is 5. The molecule has 0 spiro atoms. The highest BCUT2D eigenvalue weighted by molar-refractivity contribution is 6.30. The number of phenolic OH excluding ortho intramolecular Hbond substituents is 2. The summed E-state index contributed by atoms with van der Waals surface area (Å²) in [4.78, 5) is 0. The summed E-state index contributed by atoms with van der Waals surface area (Å²) >= 11 is 6.42. The van der Waals surface area contributed by atoms with Gasteiger partial charge in [-0.1, -0.05) is 66.2 Å². The number of hydrogen-bond acceptors (Lipinski definition) is 4. The number of azo groups is 1. The zero-order valence-corrected chi connectivity index (χ0v) is 18.4. The SMILES string of the molecule is Oc1ccc(C2=C(Cc3ccccc3)C(c3ccc(O)cc3)(c3cccc(Cl)c3)N=N2)cc1. The smallest absolute Gasteiger partial charge is 0.156 e. The molecule has 162 valence electrons. The van der Waals surface area contributed by atoms with Gasteiger partial charge in [0.1, 0.15) is 11.5 Å². The molecule has 0 aliphatic carbocycles. The molecular weight excluding hydrogens is 432 g/mol. The van der Waals surface area contributed by atoms with Crippen molar-refractivity contribution in [2.75, 3.05) is 0 Å². The Morgan fingerprint density at radius 1 is 0.697 bits per heavy atom. The molecule has 1 aliphatic rings. The van der Waals surface area contributed by atoms with Gasteiger partial charge in [0.2, 0.25) is 0 Å². The van der Waals surface area contributed by atoms with Gasteiger partial charge in [-0.3, -0.25) is 0 Å². The number of phenols is 2. The predicted molar refractivity (Wildman–Crippen MR) is 130 cm³/mol. The van der Waals surface area contributed by atoms with Crippen molar-refractivity contribution < 1.29 is 10.2 Å². The van der Waals surface area contributed by atoms with Gasteiger partial charge in [0.15, 0.2) is 5.54 Å². The van der Waals surface area contributed by atoms with Crippen LogP contribution in [0, 0.1) is 0 Å². The number of hydrogen-bond donors (Lipinski definition) is 2. The lowest BCUT2D eigenvalue weighted by atomic mass is 9.74. The van der Waals surface area contributed by atoms with Crippen molar-refractivity contribution in [3.63, 3.8) is 0 Å². The average Bonchev–Trinajstić information content (AvgIpc) is 3.20. The lowest BCUT2D eigenvalue weighted by Gasteiger charge is -2.30. The zero-order chi connectivity index (χ0) is 22.8. The van der Waals surface area contributed by atoms with E-state index in [1.807, 2.05) is 66.7 Å². The highest BCUT2D eigenvalue weighted by Crippen LogP contribution is 2.50. The normalized spacial score (nSPS) is 17.5. The van der Waals surface area contributed by atoms with Gasteiger partial charge in [-0.25, -0.2) is 0 Å². The van der Waals surface area contributed by atoms with Crippen molar-refractivity contribution in [2.24, 2.45) is 10.2 Å². The summed E-state index contributed by atoms with van der Waals surface area (Å²) in [7, 11) is 0. The van der Waals surface area contributed by atoms with Gasteiger partial charge >= 0.3 is 0 Å². The van der Waals surface area contributed by atoms with Gasteiger partial charge in [0, 0.05) is 16.2 Å². The Bertz CT molecular complexity index is 1350. The maximum absolute atomic E-state index is 9.94. The summed E-state index contributed by atoms with van der Waals surface area (Å²) in [6, 6.07) is 31.9. The fourth-order valence-electron chi connectivity index (χ4n) is 4.33. The third-order valence-corrected chi connectivity index (χ3v) is 6.15. The molecule has 5 rings (SSSR count). The number of benzene rings is 4. The minimum atomic E-state index is -0.915. The Balaban J connectivity index is 1.80. The summed E-state index contributed by atoms with van der Waals surface area (Å²) in [6.45, 7) is 0. The zero-order valence-electron chi connectivity index (χ0n) is 17.7. The lowest BCUT2D eigenvalue weighted by Crippen LogP contribution is -2.27. The van der Waals surface area contributed by atoms with Gasteiger partial charge in [0.25, 0.3) is 0 Å². The average molecular weight is 453 g/mol. The molecule has 0 saturated carbocycles. The Morgan fingerprint density at radius 3 is 2.03 bits per heavy atom. The number of nitrogens with zero attached hydrogens (tertiary/aromatic N) is 2. The minimum absolute atomic E-state index is 0.183. The van der Waals surface area contributed by atoms with Crippen LogP contribution in [-0.2, 0) is 12.0 Å². The van der Waals surface area contributed by atoms with Crippen LogP contribution in [-0.4, -0.2) is 10.2 Å². The molecule has 4 aromatic rings. The molecule has 1 heterocycles. The number of aromatic hydroxyl groups is 2. The van der Waals surface area contributed by atoms with E-state index in [0.717, 1.165) is 33.5 Å². The fraction of sp³-hybridized carbons (Fsp3) is 0.0714. The topological polar surface area (TPSA) is 65.2 Å². The quantitative estimate of drug-likeness (QED) is 0.338. The van der Waals surface area contributed by atoms with E-state index in [-0.39, 0.29) is 11.5 Å². The first-order valence-electron chi connectivity index (χ1n) is 10.6. The first-order chi connectivity index (χ1) is 16.1. The van der Waals surface area contributed by atoms with Crippen molar-refractivity contribution in [3.8, 4) is 11.5 Å². The summed E-state index contributed by atoms with van der Waals surface area (Å²) in [5.74, 6) is 0.376. The molecule has 4 nitrogen and oxygen atoms in total. The van der Waals surface area contributed by atoms with Crippen LogP contribution in [0.2, 0.25) is 5.02 Å². The lowest BCUT2D eigenvalue weighted by molar-refractivity contribution is 0.474. The van der Waals surface area contributed by atoms with E-state index in [0.29, 0.717) is 11.4 Å². The van der Waals surface area contributed by atoms with E-state index in [1.54, 1.807) is 24.3 Å². The summed E-state index contributed by atoms with van der Waals surface area (Å²) < 4.78 is 0. The van der Waals surface area contributed by atoms with Crippen molar-refractivity contribution >= 4 is 17.3 Å². The molecule has 0 aromatic heterocycles. The van der Waals surface area contributed by atoms with E-state index in [1.165, 1.54) is 0 Å². The van der Waals surface area contributed by atoms with Crippen LogP contribution < -0.4 is 0 Å². The summed E-state index contributed by atoms with van der Waals surface area (Å²) in [5, 5.41) is 29.9. The van der Waals surface area contributed by atoms with Crippen LogP contribution in [0.5, 0.6) is 11.5 Å². The Hall–Kier alpha value is -3.89. The molecule has 1 atom stereocenters. The largest absolute Gasteiger partial charge is 0.508 e. The van der Waals surface area contributed by atoms with E-state index in [9.17, 15) is 10.2 Å². The molecule has 0 amide bonds. The maximum atomic E-state index is 9.94. The van der Waals surface area contributed by atoms with Crippen LogP contribution in [0.1, 0.15) is 22.3 Å². The van der Waals surface area contributed by atoms with Gasteiger partial charge in [0.05, 0.1) is 5.70 Å². The second-order valence-corrected chi connectivity index (χ2v) is 8.44. The standard InChI is InChI=1S/C28H21ClN2O2/c29-23-8-4-7-22(18-23)28(21-11-15-25(33)16-12-21)26(17-19-5-2-1-3-6-19)27(30-31-28)20-9-13-24(32)14-10-20/h1-16,18,32-33H,17H2. The molecule has 0 fully saturated rings. The molecule has 5 heteroatoms. The molecule has 33 heavy (non-hydrogen) atoms. The van der Waals surface area contributed by atoms with Crippen molar-refractivity contribution in [3.05, 3.63) is 136 Å². The van der Waals surface area contributed by atoms with Gasteiger partial charge < -0.3 is 10.2 Å². The third-order valence-electron chi connectivity index (χ3n) is 5.91. The second-order valence-electron chi connectivity index (χ2n) is 8.00.